The molecule has 1 saturated carbocycles. The third-order valence-electron chi connectivity index (χ3n) is 3.86. The molecule has 1 aromatic carbocycles. The molecular formula is C17H20ClN3O2. The first-order chi connectivity index (χ1) is 11.0. The summed E-state index contributed by atoms with van der Waals surface area (Å²) in [6.07, 6.45) is 4.61. The van der Waals surface area contributed by atoms with E-state index < -0.39 is 0 Å². The lowest BCUT2D eigenvalue weighted by Gasteiger charge is -2.16. The highest BCUT2D eigenvalue weighted by molar-refractivity contribution is 6.32. The van der Waals surface area contributed by atoms with Gasteiger partial charge in [0.2, 0.25) is 5.91 Å². The smallest absolute Gasteiger partial charge is 0.228 e. The van der Waals surface area contributed by atoms with Gasteiger partial charge in [0.1, 0.15) is 0 Å². The first-order valence-electron chi connectivity index (χ1n) is 7.70. The van der Waals surface area contributed by atoms with Crippen molar-refractivity contribution in [2.45, 2.75) is 32.3 Å². The van der Waals surface area contributed by atoms with E-state index in [1.165, 1.54) is 0 Å². The Labute approximate surface area is 140 Å². The van der Waals surface area contributed by atoms with Crippen molar-refractivity contribution >= 4 is 23.2 Å². The number of aromatic nitrogens is 2. The third kappa shape index (κ3) is 3.50. The van der Waals surface area contributed by atoms with E-state index in [9.17, 15) is 4.79 Å². The SMILES string of the molecule is CC(C)Oc1c(Cl)cccc1NC(=O)[C@@H]1C[C@H]1c1cnn(C)c1. The molecule has 1 amide bonds. The number of hydrogen-bond acceptors (Lipinski definition) is 3. The van der Waals surface area contributed by atoms with Gasteiger partial charge in [0.05, 0.1) is 23.0 Å². The molecule has 0 unspecified atom stereocenters. The van der Waals surface area contributed by atoms with Gasteiger partial charge in [0.25, 0.3) is 0 Å². The number of nitrogens with zero attached hydrogens (tertiary/aromatic N) is 2. The molecule has 1 N–H and O–H groups in total. The highest BCUT2D eigenvalue weighted by Crippen LogP contribution is 2.48. The second kappa shape index (κ2) is 6.24. The first kappa shape index (κ1) is 15.9. The Hall–Kier alpha value is -2.01. The number of hydrogen-bond donors (Lipinski definition) is 1. The maximum atomic E-state index is 12.5. The number of aryl methyl sites for hydroxylation is 1. The van der Waals surface area contributed by atoms with Crippen LogP contribution in [0.4, 0.5) is 5.69 Å². The highest BCUT2D eigenvalue weighted by Gasteiger charge is 2.44. The number of carbonyl (C=O) groups is 1. The molecule has 1 heterocycles. The van der Waals surface area contributed by atoms with Gasteiger partial charge in [-0.2, -0.15) is 5.10 Å². The number of anilines is 1. The Morgan fingerprint density at radius 1 is 1.48 bits per heavy atom. The normalized spacial score (nSPS) is 19.7. The predicted octanol–water partition coefficient (Wildman–Crippen LogP) is 3.60. The van der Waals surface area contributed by atoms with Crippen LogP contribution in [-0.2, 0) is 11.8 Å². The minimum atomic E-state index is -0.0231. The van der Waals surface area contributed by atoms with E-state index in [0.717, 1.165) is 12.0 Å². The Kier molecular flexibility index (Phi) is 4.31. The summed E-state index contributed by atoms with van der Waals surface area (Å²) in [5, 5.41) is 7.61. The second-order valence-corrected chi connectivity index (χ2v) is 6.58. The van der Waals surface area contributed by atoms with E-state index in [4.69, 9.17) is 16.3 Å². The largest absolute Gasteiger partial charge is 0.487 e. The summed E-state index contributed by atoms with van der Waals surface area (Å²) in [5.74, 6) is 0.744. The molecule has 23 heavy (non-hydrogen) atoms. The van der Waals surface area contributed by atoms with Gasteiger partial charge in [0.15, 0.2) is 5.75 Å². The fourth-order valence-corrected chi connectivity index (χ4v) is 2.89. The van der Waals surface area contributed by atoms with Crippen molar-refractivity contribution in [3.63, 3.8) is 0 Å². The molecule has 1 aliphatic carbocycles. The summed E-state index contributed by atoms with van der Waals surface area (Å²) in [4.78, 5) is 12.5. The van der Waals surface area contributed by atoms with Gasteiger partial charge in [-0.05, 0) is 43.9 Å². The van der Waals surface area contributed by atoms with Gasteiger partial charge in [-0.1, -0.05) is 17.7 Å². The van der Waals surface area contributed by atoms with Crippen LogP contribution in [0.1, 0.15) is 31.7 Å². The maximum Gasteiger partial charge on any atom is 0.228 e. The van der Waals surface area contributed by atoms with E-state index in [1.807, 2.05) is 39.4 Å². The number of amides is 1. The average molecular weight is 334 g/mol. The number of rotatable bonds is 5. The molecule has 3 rings (SSSR count). The van der Waals surface area contributed by atoms with Gasteiger partial charge in [-0.15, -0.1) is 0 Å². The van der Waals surface area contributed by atoms with Crippen LogP contribution in [0.2, 0.25) is 5.02 Å². The van der Waals surface area contributed by atoms with Crippen LogP contribution >= 0.6 is 11.6 Å². The van der Waals surface area contributed by atoms with Crippen molar-refractivity contribution in [3.05, 3.63) is 41.2 Å². The van der Waals surface area contributed by atoms with Gasteiger partial charge < -0.3 is 10.1 Å². The van der Waals surface area contributed by atoms with E-state index in [1.54, 1.807) is 16.8 Å². The quantitative estimate of drug-likeness (QED) is 0.909. The molecule has 122 valence electrons. The summed E-state index contributed by atoms with van der Waals surface area (Å²) < 4.78 is 7.49. The molecule has 5 nitrogen and oxygen atoms in total. The third-order valence-corrected chi connectivity index (χ3v) is 4.16. The molecule has 0 radical (unpaired) electrons. The van der Waals surface area contributed by atoms with E-state index >= 15 is 0 Å². The number of ether oxygens (including phenoxy) is 1. The molecule has 1 aliphatic rings. The topological polar surface area (TPSA) is 56.1 Å². The van der Waals surface area contributed by atoms with E-state index in [2.05, 4.69) is 10.4 Å². The number of benzene rings is 1. The number of halogens is 1. The Balaban J connectivity index is 1.71. The average Bonchev–Trinajstić information content (AvgIpc) is 3.17. The van der Waals surface area contributed by atoms with Gasteiger partial charge in [-0.3, -0.25) is 9.48 Å². The van der Waals surface area contributed by atoms with Crippen LogP contribution in [0, 0.1) is 5.92 Å². The fourth-order valence-electron chi connectivity index (χ4n) is 2.67. The van der Waals surface area contributed by atoms with Crippen LogP contribution in [-0.4, -0.2) is 21.8 Å². The summed E-state index contributed by atoms with van der Waals surface area (Å²) in [5.41, 5.74) is 1.73. The van der Waals surface area contributed by atoms with Gasteiger partial charge in [0, 0.05) is 19.2 Å². The lowest BCUT2D eigenvalue weighted by atomic mass is 10.2. The van der Waals surface area contributed by atoms with Crippen molar-refractivity contribution in [2.24, 2.45) is 13.0 Å². The molecule has 0 aliphatic heterocycles. The minimum absolute atomic E-state index is 0.00488. The van der Waals surface area contributed by atoms with Crippen LogP contribution in [0.25, 0.3) is 0 Å². The van der Waals surface area contributed by atoms with Crippen LogP contribution in [0.15, 0.2) is 30.6 Å². The molecule has 2 atom stereocenters. The fraction of sp³-hybridized carbons (Fsp3) is 0.412. The number of para-hydroxylation sites is 1. The van der Waals surface area contributed by atoms with Crippen LogP contribution in [0.3, 0.4) is 0 Å². The van der Waals surface area contributed by atoms with Crippen LogP contribution in [0.5, 0.6) is 5.75 Å². The Bertz CT molecular complexity index is 726. The minimum Gasteiger partial charge on any atom is -0.487 e. The molecule has 1 fully saturated rings. The molecule has 2 aromatic rings. The second-order valence-electron chi connectivity index (χ2n) is 6.17. The zero-order valence-electron chi connectivity index (χ0n) is 13.4. The molecule has 0 spiro atoms. The molecule has 0 bridgehead atoms. The van der Waals surface area contributed by atoms with Crippen molar-refractivity contribution in [1.29, 1.82) is 0 Å². The Morgan fingerprint density at radius 3 is 2.91 bits per heavy atom. The molecule has 6 heteroatoms. The van der Waals surface area contributed by atoms with Crippen molar-refractivity contribution in [2.75, 3.05) is 5.32 Å². The zero-order chi connectivity index (χ0) is 16.6. The zero-order valence-corrected chi connectivity index (χ0v) is 14.2. The highest BCUT2D eigenvalue weighted by atomic mass is 35.5. The predicted molar refractivity (Wildman–Crippen MR) is 89.9 cm³/mol. The van der Waals surface area contributed by atoms with Crippen molar-refractivity contribution in [3.8, 4) is 5.75 Å². The summed E-state index contributed by atoms with van der Waals surface area (Å²) in [6.45, 7) is 3.85. The van der Waals surface area contributed by atoms with Gasteiger partial charge in [-0.25, -0.2) is 0 Å². The molecule has 0 saturated heterocycles. The monoisotopic (exact) mass is 333 g/mol. The van der Waals surface area contributed by atoms with E-state index in [-0.39, 0.29) is 23.8 Å². The van der Waals surface area contributed by atoms with Crippen LogP contribution < -0.4 is 10.1 Å². The lowest BCUT2D eigenvalue weighted by molar-refractivity contribution is -0.117. The molecular weight excluding hydrogens is 314 g/mol. The van der Waals surface area contributed by atoms with Gasteiger partial charge >= 0.3 is 0 Å². The lowest BCUT2D eigenvalue weighted by Crippen LogP contribution is -2.16. The number of carbonyl (C=O) groups excluding carboxylic acids is 1. The Morgan fingerprint density at radius 2 is 2.26 bits per heavy atom. The first-order valence-corrected chi connectivity index (χ1v) is 8.08. The van der Waals surface area contributed by atoms with Crippen molar-refractivity contribution in [1.82, 2.24) is 9.78 Å². The van der Waals surface area contributed by atoms with Crippen molar-refractivity contribution < 1.29 is 9.53 Å². The molecule has 1 aromatic heterocycles. The van der Waals surface area contributed by atoms with E-state index in [0.29, 0.717) is 16.5 Å². The summed E-state index contributed by atoms with van der Waals surface area (Å²) in [7, 11) is 1.88. The maximum absolute atomic E-state index is 12.5. The standard InChI is InChI=1S/C17H20ClN3O2/c1-10(2)23-16-14(18)5-4-6-15(16)20-17(22)13-7-12(13)11-8-19-21(3)9-11/h4-6,8-10,12-13H,7H2,1-3H3,(H,20,22)/t12-,13+/m0/s1. The summed E-state index contributed by atoms with van der Waals surface area (Å²) >= 11 is 6.19. The summed E-state index contributed by atoms with van der Waals surface area (Å²) in [6, 6.07) is 5.37. The number of nitrogens with one attached hydrogen (secondary N) is 1.